The first kappa shape index (κ1) is 19.7. The minimum Gasteiger partial charge on any atom is -0.379 e. The smallest absolute Gasteiger partial charge is 0.191 e. The van der Waals surface area contributed by atoms with Crippen LogP contribution in [0.5, 0.6) is 0 Å². The van der Waals surface area contributed by atoms with Gasteiger partial charge in [0.05, 0.1) is 19.3 Å². The maximum absolute atomic E-state index is 13.7. The Balaban J connectivity index is 2.07. The molecule has 0 aliphatic carbocycles. The molecular formula is C19H31FN4O. The molecule has 0 saturated carbocycles. The Hall–Kier alpha value is -1.66. The molecule has 0 radical (unpaired) electrons. The van der Waals surface area contributed by atoms with E-state index in [2.05, 4.69) is 41.3 Å². The summed E-state index contributed by atoms with van der Waals surface area (Å²) in [4.78, 5) is 6.65. The molecular weight excluding hydrogens is 319 g/mol. The van der Waals surface area contributed by atoms with Crippen LogP contribution in [-0.4, -0.2) is 56.8 Å². The second-order valence-corrected chi connectivity index (χ2v) is 6.85. The van der Waals surface area contributed by atoms with Gasteiger partial charge in [0.15, 0.2) is 5.96 Å². The van der Waals surface area contributed by atoms with Crippen LogP contribution in [0.3, 0.4) is 0 Å². The van der Waals surface area contributed by atoms with Gasteiger partial charge in [-0.15, -0.1) is 0 Å². The summed E-state index contributed by atoms with van der Waals surface area (Å²) in [6, 6.07) is 7.26. The van der Waals surface area contributed by atoms with Crippen molar-refractivity contribution in [2.45, 2.75) is 32.9 Å². The third-order valence-electron chi connectivity index (χ3n) is 4.77. The van der Waals surface area contributed by atoms with E-state index in [0.717, 1.165) is 24.6 Å². The second kappa shape index (κ2) is 9.73. The topological polar surface area (TPSA) is 48.9 Å². The number of aliphatic imine (C=N–C) groups is 1. The molecule has 140 valence electrons. The zero-order valence-corrected chi connectivity index (χ0v) is 15.8. The number of nitrogens with zero attached hydrogens (tertiary/aromatic N) is 2. The second-order valence-electron chi connectivity index (χ2n) is 6.85. The zero-order valence-electron chi connectivity index (χ0n) is 15.8. The Morgan fingerprint density at radius 1 is 1.28 bits per heavy atom. The Morgan fingerprint density at radius 2 is 2.00 bits per heavy atom. The molecule has 6 heteroatoms. The van der Waals surface area contributed by atoms with Gasteiger partial charge in [-0.25, -0.2) is 4.39 Å². The molecule has 1 fully saturated rings. The Labute approximate surface area is 150 Å². The van der Waals surface area contributed by atoms with Crippen molar-refractivity contribution in [2.75, 3.05) is 39.9 Å². The molecule has 2 rings (SSSR count). The first-order valence-corrected chi connectivity index (χ1v) is 9.05. The number of nitrogens with one attached hydrogen (secondary N) is 2. The molecule has 1 heterocycles. The molecule has 2 atom stereocenters. The van der Waals surface area contributed by atoms with Gasteiger partial charge in [-0.2, -0.15) is 0 Å². The van der Waals surface area contributed by atoms with E-state index in [4.69, 9.17) is 4.74 Å². The van der Waals surface area contributed by atoms with Crippen LogP contribution in [0.1, 0.15) is 32.4 Å². The summed E-state index contributed by atoms with van der Waals surface area (Å²) in [7, 11) is 1.77. The first-order chi connectivity index (χ1) is 12.0. The summed E-state index contributed by atoms with van der Waals surface area (Å²) in [5.41, 5.74) is 0.974. The van der Waals surface area contributed by atoms with Gasteiger partial charge < -0.3 is 15.4 Å². The molecule has 2 N–H and O–H groups in total. The van der Waals surface area contributed by atoms with Crippen LogP contribution < -0.4 is 10.6 Å². The molecule has 0 bridgehead atoms. The number of benzene rings is 1. The number of ether oxygens (including phenoxy) is 1. The van der Waals surface area contributed by atoms with Gasteiger partial charge in [-0.05, 0) is 30.5 Å². The quantitative estimate of drug-likeness (QED) is 0.611. The number of rotatable bonds is 6. The lowest BCUT2D eigenvalue weighted by Crippen LogP contribution is -2.48. The molecule has 5 nitrogen and oxygen atoms in total. The van der Waals surface area contributed by atoms with Gasteiger partial charge >= 0.3 is 0 Å². The highest BCUT2D eigenvalue weighted by Gasteiger charge is 2.23. The third kappa shape index (κ3) is 5.97. The number of halogens is 1. The van der Waals surface area contributed by atoms with Crippen molar-refractivity contribution in [2.24, 2.45) is 10.9 Å². The van der Waals surface area contributed by atoms with Gasteiger partial charge in [0.25, 0.3) is 0 Å². The van der Waals surface area contributed by atoms with E-state index in [1.54, 1.807) is 19.2 Å². The molecule has 0 spiro atoms. The number of guanidine groups is 1. The maximum Gasteiger partial charge on any atom is 0.191 e. The monoisotopic (exact) mass is 350 g/mol. The summed E-state index contributed by atoms with van der Waals surface area (Å²) >= 11 is 0. The van der Waals surface area contributed by atoms with E-state index in [-0.39, 0.29) is 11.9 Å². The van der Waals surface area contributed by atoms with E-state index in [1.165, 1.54) is 6.07 Å². The van der Waals surface area contributed by atoms with Crippen molar-refractivity contribution in [1.29, 1.82) is 0 Å². The van der Waals surface area contributed by atoms with Crippen molar-refractivity contribution in [3.63, 3.8) is 0 Å². The van der Waals surface area contributed by atoms with Crippen molar-refractivity contribution < 1.29 is 9.13 Å². The van der Waals surface area contributed by atoms with E-state index >= 15 is 0 Å². The molecule has 1 aromatic rings. The van der Waals surface area contributed by atoms with Crippen LogP contribution in [0.4, 0.5) is 4.39 Å². The molecule has 1 aromatic carbocycles. The fourth-order valence-electron chi connectivity index (χ4n) is 2.83. The molecule has 0 aromatic heterocycles. The highest BCUT2D eigenvalue weighted by Crippen LogP contribution is 2.22. The maximum atomic E-state index is 13.7. The van der Waals surface area contributed by atoms with Crippen molar-refractivity contribution in [3.05, 3.63) is 35.6 Å². The van der Waals surface area contributed by atoms with Crippen molar-refractivity contribution in [3.8, 4) is 0 Å². The normalized spacial score (nSPS) is 18.9. The summed E-state index contributed by atoms with van der Waals surface area (Å²) in [5, 5.41) is 6.81. The third-order valence-corrected chi connectivity index (χ3v) is 4.77. The lowest BCUT2D eigenvalue weighted by molar-refractivity contribution is 0.0169. The van der Waals surface area contributed by atoms with Crippen molar-refractivity contribution >= 4 is 5.96 Å². The van der Waals surface area contributed by atoms with Crippen LogP contribution in [0.25, 0.3) is 0 Å². The van der Waals surface area contributed by atoms with Crippen LogP contribution in [-0.2, 0) is 4.74 Å². The summed E-state index contributed by atoms with van der Waals surface area (Å²) in [5.74, 6) is 1.08. The Morgan fingerprint density at radius 3 is 2.60 bits per heavy atom. The predicted molar refractivity (Wildman–Crippen MR) is 100 cm³/mol. The molecule has 1 aliphatic rings. The lowest BCUT2D eigenvalue weighted by Gasteiger charge is -2.35. The van der Waals surface area contributed by atoms with Gasteiger partial charge in [0, 0.05) is 32.7 Å². The molecule has 25 heavy (non-hydrogen) atoms. The van der Waals surface area contributed by atoms with Crippen LogP contribution in [0.15, 0.2) is 29.3 Å². The average molecular weight is 350 g/mol. The van der Waals surface area contributed by atoms with Gasteiger partial charge in [-0.1, -0.05) is 26.0 Å². The van der Waals surface area contributed by atoms with Crippen molar-refractivity contribution in [1.82, 2.24) is 15.5 Å². The number of hydrogen-bond acceptors (Lipinski definition) is 3. The van der Waals surface area contributed by atoms with E-state index in [9.17, 15) is 4.39 Å². The van der Waals surface area contributed by atoms with Crippen LogP contribution in [0.2, 0.25) is 0 Å². The predicted octanol–water partition coefficient (Wildman–Crippen LogP) is 2.41. The number of hydrogen-bond donors (Lipinski definition) is 2. The summed E-state index contributed by atoms with van der Waals surface area (Å²) < 4.78 is 19.2. The largest absolute Gasteiger partial charge is 0.379 e. The number of morpholine rings is 1. The SMILES string of the molecule is CN=C(NCC(c1cccc(F)c1)N1CCOCC1)NC(C)C(C)C. The fourth-order valence-corrected chi connectivity index (χ4v) is 2.83. The first-order valence-electron chi connectivity index (χ1n) is 9.05. The van der Waals surface area contributed by atoms with E-state index < -0.39 is 0 Å². The fraction of sp³-hybridized carbons (Fsp3) is 0.632. The minimum atomic E-state index is -0.202. The van der Waals surface area contributed by atoms with Crippen LogP contribution in [0, 0.1) is 11.7 Å². The minimum absolute atomic E-state index is 0.0764. The Bertz CT molecular complexity index is 558. The Kier molecular flexibility index (Phi) is 7.65. The van der Waals surface area contributed by atoms with Gasteiger partial charge in [-0.3, -0.25) is 9.89 Å². The van der Waals surface area contributed by atoms with Crippen LogP contribution >= 0.6 is 0 Å². The molecule has 1 saturated heterocycles. The van der Waals surface area contributed by atoms with E-state index in [1.807, 2.05) is 6.07 Å². The summed E-state index contributed by atoms with van der Waals surface area (Å²) in [6.07, 6.45) is 0. The molecule has 2 unspecified atom stereocenters. The summed E-state index contributed by atoms with van der Waals surface area (Å²) in [6.45, 7) is 10.3. The standard InChI is InChI=1S/C19H31FN4O/c1-14(2)15(3)23-19(21-4)22-13-18(24-8-10-25-11-9-24)16-6-5-7-17(20)12-16/h5-7,12,14-15,18H,8-11,13H2,1-4H3,(H2,21,22,23). The molecule has 0 amide bonds. The highest BCUT2D eigenvalue weighted by atomic mass is 19.1. The van der Waals surface area contributed by atoms with Gasteiger partial charge in [0.2, 0.25) is 0 Å². The van der Waals surface area contributed by atoms with E-state index in [0.29, 0.717) is 31.7 Å². The highest BCUT2D eigenvalue weighted by molar-refractivity contribution is 5.80. The van der Waals surface area contributed by atoms with Gasteiger partial charge in [0.1, 0.15) is 5.82 Å². The zero-order chi connectivity index (χ0) is 18.2. The average Bonchev–Trinajstić information content (AvgIpc) is 2.61. The molecule has 1 aliphatic heterocycles. The lowest BCUT2D eigenvalue weighted by atomic mass is 10.0.